The van der Waals surface area contributed by atoms with E-state index in [0.29, 0.717) is 13.0 Å². The first kappa shape index (κ1) is 11.4. The third-order valence-corrected chi connectivity index (χ3v) is 4.74. The summed E-state index contributed by atoms with van der Waals surface area (Å²) in [5, 5.41) is 0. The lowest BCUT2D eigenvalue weighted by atomic mass is 10.1. The van der Waals surface area contributed by atoms with Gasteiger partial charge < -0.3 is 9.64 Å². The highest BCUT2D eigenvalue weighted by atomic mass is 16.5. The van der Waals surface area contributed by atoms with Gasteiger partial charge in [0.15, 0.2) is 5.72 Å². The largest absolute Gasteiger partial charge is 0.352 e. The fraction of sp³-hybridized carbons (Fsp3) is 0.533. The second-order valence-corrected chi connectivity index (χ2v) is 5.66. The summed E-state index contributed by atoms with van der Waals surface area (Å²) in [7, 11) is 0. The Labute approximate surface area is 112 Å². The molecule has 3 fully saturated rings. The number of amides is 1. The van der Waals surface area contributed by atoms with Crippen LogP contribution in [0, 0.1) is 0 Å². The van der Waals surface area contributed by atoms with Crippen LogP contribution in [-0.4, -0.2) is 47.2 Å². The molecule has 19 heavy (non-hydrogen) atoms. The lowest BCUT2D eigenvalue weighted by Gasteiger charge is -2.31. The number of ether oxygens (including phenoxy) is 1. The zero-order valence-electron chi connectivity index (χ0n) is 10.9. The van der Waals surface area contributed by atoms with Crippen LogP contribution in [0.25, 0.3) is 0 Å². The fourth-order valence-electron chi connectivity index (χ4n) is 3.88. The summed E-state index contributed by atoms with van der Waals surface area (Å²) in [5.41, 5.74) is 1.01. The van der Waals surface area contributed by atoms with Crippen molar-refractivity contribution >= 4 is 5.91 Å². The molecule has 3 aliphatic rings. The van der Waals surface area contributed by atoms with Crippen molar-refractivity contribution in [2.75, 3.05) is 19.7 Å². The normalized spacial score (nSPS) is 33.8. The van der Waals surface area contributed by atoms with Crippen molar-refractivity contribution < 1.29 is 9.53 Å². The van der Waals surface area contributed by atoms with Crippen LogP contribution in [0.4, 0.5) is 0 Å². The second kappa shape index (κ2) is 4.05. The van der Waals surface area contributed by atoms with Gasteiger partial charge in [0.25, 0.3) is 0 Å². The second-order valence-electron chi connectivity index (χ2n) is 5.66. The molecule has 0 aliphatic carbocycles. The summed E-state index contributed by atoms with van der Waals surface area (Å²) in [6.45, 7) is 3.40. The van der Waals surface area contributed by atoms with Gasteiger partial charge in [-0.25, -0.2) is 0 Å². The molecule has 1 amide bonds. The van der Waals surface area contributed by atoms with Crippen molar-refractivity contribution in [2.45, 2.75) is 31.2 Å². The number of rotatable bonds is 2. The SMILES string of the molecule is O=C1C[C@H]2N(Cc3ccccc3)CC[C@]23OCCN13. The van der Waals surface area contributed by atoms with E-state index in [1.807, 2.05) is 11.0 Å². The van der Waals surface area contributed by atoms with E-state index < -0.39 is 0 Å². The number of carbonyl (C=O) groups excluding carboxylic acids is 1. The molecule has 4 nitrogen and oxygen atoms in total. The van der Waals surface area contributed by atoms with Gasteiger partial charge in [0, 0.05) is 32.5 Å². The van der Waals surface area contributed by atoms with E-state index in [1.165, 1.54) is 5.56 Å². The molecule has 0 bridgehead atoms. The maximum Gasteiger partial charge on any atom is 0.226 e. The smallest absolute Gasteiger partial charge is 0.226 e. The van der Waals surface area contributed by atoms with Gasteiger partial charge in [-0.1, -0.05) is 30.3 Å². The van der Waals surface area contributed by atoms with Crippen molar-refractivity contribution in [1.82, 2.24) is 9.80 Å². The van der Waals surface area contributed by atoms with Crippen LogP contribution in [0.1, 0.15) is 18.4 Å². The average Bonchev–Trinajstić information content (AvgIpc) is 3.05. The maximum absolute atomic E-state index is 12.1. The molecule has 0 N–H and O–H groups in total. The first-order valence-corrected chi connectivity index (χ1v) is 7.02. The monoisotopic (exact) mass is 258 g/mol. The number of benzene rings is 1. The van der Waals surface area contributed by atoms with Gasteiger partial charge in [0.05, 0.1) is 12.6 Å². The summed E-state index contributed by atoms with van der Waals surface area (Å²) < 4.78 is 5.99. The van der Waals surface area contributed by atoms with E-state index in [0.717, 1.165) is 26.1 Å². The molecule has 0 radical (unpaired) electrons. The Bertz CT molecular complexity index is 504. The van der Waals surface area contributed by atoms with E-state index in [1.54, 1.807) is 0 Å². The number of nitrogens with zero attached hydrogens (tertiary/aromatic N) is 2. The standard InChI is InChI=1S/C15H18N2O2/c18-14-10-13-15(17(14)8-9-19-15)6-7-16(13)11-12-4-2-1-3-5-12/h1-5,13H,6-11H2/t13-,15+/m1/s1. The molecule has 3 saturated heterocycles. The molecule has 4 heteroatoms. The summed E-state index contributed by atoms with van der Waals surface area (Å²) in [6, 6.07) is 10.7. The number of carbonyl (C=O) groups is 1. The predicted octanol–water partition coefficient (Wildman–Crippen LogP) is 1.22. The molecule has 100 valence electrons. The van der Waals surface area contributed by atoms with Crippen LogP contribution in [0.2, 0.25) is 0 Å². The minimum atomic E-state index is -0.300. The summed E-state index contributed by atoms with van der Waals surface area (Å²) in [5.74, 6) is 0.264. The lowest BCUT2D eigenvalue weighted by Crippen LogP contribution is -2.47. The van der Waals surface area contributed by atoms with Crippen LogP contribution in [0.5, 0.6) is 0 Å². The highest BCUT2D eigenvalue weighted by Gasteiger charge is 2.61. The van der Waals surface area contributed by atoms with Gasteiger partial charge in [-0.2, -0.15) is 0 Å². The Kier molecular flexibility index (Phi) is 2.44. The van der Waals surface area contributed by atoms with Gasteiger partial charge in [-0.05, 0) is 5.56 Å². The maximum atomic E-state index is 12.1. The van der Waals surface area contributed by atoms with Gasteiger partial charge in [0.1, 0.15) is 0 Å². The van der Waals surface area contributed by atoms with Gasteiger partial charge >= 0.3 is 0 Å². The van der Waals surface area contributed by atoms with Crippen LogP contribution < -0.4 is 0 Å². The lowest BCUT2D eigenvalue weighted by molar-refractivity contribution is -0.136. The zero-order valence-corrected chi connectivity index (χ0v) is 10.9. The van der Waals surface area contributed by atoms with E-state index >= 15 is 0 Å². The topological polar surface area (TPSA) is 32.8 Å². The molecule has 3 aliphatic heterocycles. The van der Waals surface area contributed by atoms with Crippen LogP contribution in [0.3, 0.4) is 0 Å². The summed E-state index contributed by atoms with van der Waals surface area (Å²) in [4.78, 5) is 16.5. The van der Waals surface area contributed by atoms with Crippen molar-refractivity contribution in [1.29, 1.82) is 0 Å². The molecular formula is C15H18N2O2. The van der Waals surface area contributed by atoms with E-state index in [2.05, 4.69) is 29.2 Å². The van der Waals surface area contributed by atoms with Crippen LogP contribution in [-0.2, 0) is 16.1 Å². The van der Waals surface area contributed by atoms with Crippen molar-refractivity contribution in [3.8, 4) is 0 Å². The van der Waals surface area contributed by atoms with E-state index in [4.69, 9.17) is 4.74 Å². The average molecular weight is 258 g/mol. The van der Waals surface area contributed by atoms with Gasteiger partial charge in [-0.3, -0.25) is 9.69 Å². The molecule has 0 aromatic heterocycles. The van der Waals surface area contributed by atoms with Crippen molar-refractivity contribution in [2.24, 2.45) is 0 Å². The minimum Gasteiger partial charge on any atom is -0.352 e. The Morgan fingerprint density at radius 3 is 2.95 bits per heavy atom. The molecule has 0 saturated carbocycles. The van der Waals surface area contributed by atoms with Crippen molar-refractivity contribution in [3.63, 3.8) is 0 Å². The quantitative estimate of drug-likeness (QED) is 0.799. The molecule has 4 rings (SSSR count). The Balaban J connectivity index is 1.59. The molecule has 2 atom stereocenters. The third kappa shape index (κ3) is 1.56. The molecule has 1 aromatic carbocycles. The van der Waals surface area contributed by atoms with Crippen LogP contribution >= 0.6 is 0 Å². The predicted molar refractivity (Wildman–Crippen MR) is 70.3 cm³/mol. The highest BCUT2D eigenvalue weighted by Crippen LogP contribution is 2.45. The zero-order chi connectivity index (χ0) is 12.9. The highest BCUT2D eigenvalue weighted by molar-refractivity contribution is 5.81. The fourth-order valence-corrected chi connectivity index (χ4v) is 3.88. The van der Waals surface area contributed by atoms with Crippen LogP contribution in [0.15, 0.2) is 30.3 Å². The van der Waals surface area contributed by atoms with E-state index in [-0.39, 0.29) is 17.7 Å². The summed E-state index contributed by atoms with van der Waals surface area (Å²) >= 11 is 0. The molecule has 3 heterocycles. The minimum absolute atomic E-state index is 0.239. The number of hydrogen-bond donors (Lipinski definition) is 0. The summed E-state index contributed by atoms with van der Waals surface area (Å²) in [6.07, 6.45) is 1.57. The molecule has 0 unspecified atom stereocenters. The van der Waals surface area contributed by atoms with E-state index in [9.17, 15) is 4.79 Å². The number of hydrogen-bond acceptors (Lipinski definition) is 3. The molecule has 1 spiro atoms. The Hall–Kier alpha value is -1.39. The molecule has 1 aromatic rings. The van der Waals surface area contributed by atoms with Crippen molar-refractivity contribution in [3.05, 3.63) is 35.9 Å². The Morgan fingerprint density at radius 1 is 1.26 bits per heavy atom. The molecular weight excluding hydrogens is 240 g/mol. The first-order chi connectivity index (χ1) is 9.29. The van der Waals surface area contributed by atoms with Gasteiger partial charge in [-0.15, -0.1) is 0 Å². The third-order valence-electron chi connectivity index (χ3n) is 4.74. The first-order valence-electron chi connectivity index (χ1n) is 7.02. The Morgan fingerprint density at radius 2 is 2.11 bits per heavy atom. The van der Waals surface area contributed by atoms with Gasteiger partial charge in [0.2, 0.25) is 5.91 Å². The number of likely N-dealkylation sites (tertiary alicyclic amines) is 1.